The molecule has 8 nitrogen and oxygen atoms in total. The van der Waals surface area contributed by atoms with Gasteiger partial charge in [0, 0.05) is 44.6 Å². The number of para-hydroxylation sites is 2. The molecule has 0 atom stereocenters. The van der Waals surface area contributed by atoms with E-state index in [1.165, 1.54) is 0 Å². The molecule has 0 amide bonds. The Morgan fingerprint density at radius 2 is 0.587 bits per heavy atom. The fraction of sp³-hybridized carbons (Fsp3) is 0. The number of imidazole rings is 1. The number of hydrogen-bond donors (Lipinski definition) is 0. The molecule has 0 spiro atoms. The van der Waals surface area contributed by atoms with E-state index in [1.807, 2.05) is 146 Å². The van der Waals surface area contributed by atoms with Gasteiger partial charge < -0.3 is 0 Å². The first-order valence-corrected chi connectivity index (χ1v) is 20.7. The molecule has 3 aromatic heterocycles. The second-order valence-electron chi connectivity index (χ2n) is 15.1. The molecule has 0 bridgehead atoms. The Morgan fingerprint density at radius 1 is 0.238 bits per heavy atom. The number of aromatic nitrogens is 8. The van der Waals surface area contributed by atoms with Crippen LogP contribution < -0.4 is 0 Å². The summed E-state index contributed by atoms with van der Waals surface area (Å²) in [5, 5.41) is 0. The molecule has 0 unspecified atom stereocenters. The van der Waals surface area contributed by atoms with Crippen LogP contribution in [0.3, 0.4) is 0 Å². The van der Waals surface area contributed by atoms with Crippen molar-refractivity contribution in [2.24, 2.45) is 0 Å². The lowest BCUT2D eigenvalue weighted by atomic mass is 9.98. The topological polar surface area (TPSA) is 95.2 Å². The summed E-state index contributed by atoms with van der Waals surface area (Å²) in [4.78, 5) is 35.7. The van der Waals surface area contributed by atoms with Crippen molar-refractivity contribution in [3.05, 3.63) is 218 Å². The Morgan fingerprint density at radius 3 is 1.03 bits per heavy atom. The van der Waals surface area contributed by atoms with Crippen molar-refractivity contribution in [3.63, 3.8) is 0 Å². The van der Waals surface area contributed by atoms with Crippen LogP contribution in [-0.4, -0.2) is 39.5 Å². The van der Waals surface area contributed by atoms with Gasteiger partial charge in [0.2, 0.25) is 0 Å². The highest BCUT2D eigenvalue weighted by Gasteiger charge is 2.19. The molecule has 11 aromatic rings. The minimum absolute atomic E-state index is 0.523. The Kier molecular flexibility index (Phi) is 9.68. The third kappa shape index (κ3) is 7.53. The predicted molar refractivity (Wildman–Crippen MR) is 251 cm³/mol. The van der Waals surface area contributed by atoms with E-state index in [-0.39, 0.29) is 0 Å². The number of fused-ring (bicyclic) bond motifs is 1. The summed E-state index contributed by atoms with van der Waals surface area (Å²) in [7, 11) is 0. The van der Waals surface area contributed by atoms with Gasteiger partial charge in [0.15, 0.2) is 34.9 Å². The molecule has 0 saturated heterocycles. The van der Waals surface area contributed by atoms with Crippen molar-refractivity contribution in [2.45, 2.75) is 0 Å². The number of nitrogens with zero attached hydrogens (tertiary/aromatic N) is 8. The normalized spacial score (nSPS) is 11.2. The van der Waals surface area contributed by atoms with Crippen LogP contribution in [0.4, 0.5) is 0 Å². The molecule has 3 heterocycles. The molecule has 63 heavy (non-hydrogen) atoms. The Bertz CT molecular complexity index is 3110. The summed E-state index contributed by atoms with van der Waals surface area (Å²) in [6.07, 6.45) is 0. The third-order valence-electron chi connectivity index (χ3n) is 10.9. The van der Waals surface area contributed by atoms with Crippen LogP contribution >= 0.6 is 0 Å². The minimum Gasteiger partial charge on any atom is -0.292 e. The molecule has 8 aromatic carbocycles. The van der Waals surface area contributed by atoms with E-state index in [4.69, 9.17) is 34.9 Å². The van der Waals surface area contributed by atoms with Gasteiger partial charge in [-0.15, -0.1) is 0 Å². The summed E-state index contributed by atoms with van der Waals surface area (Å²) in [5.74, 6) is 4.21. The zero-order valence-electron chi connectivity index (χ0n) is 33.9. The van der Waals surface area contributed by atoms with Gasteiger partial charge in [0.1, 0.15) is 5.82 Å². The molecule has 0 saturated carbocycles. The molecule has 0 aliphatic heterocycles. The maximum absolute atomic E-state index is 5.15. The predicted octanol–water partition coefficient (Wildman–Crippen LogP) is 12.7. The molecular formula is C55H36N8. The van der Waals surface area contributed by atoms with Gasteiger partial charge in [-0.1, -0.05) is 176 Å². The van der Waals surface area contributed by atoms with Crippen molar-refractivity contribution in [1.82, 2.24) is 39.5 Å². The summed E-state index contributed by atoms with van der Waals surface area (Å²) in [5.41, 5.74) is 11.0. The van der Waals surface area contributed by atoms with E-state index in [9.17, 15) is 0 Å². The van der Waals surface area contributed by atoms with E-state index >= 15 is 0 Å². The van der Waals surface area contributed by atoms with E-state index < -0.39 is 0 Å². The van der Waals surface area contributed by atoms with Crippen LogP contribution in [0.15, 0.2) is 218 Å². The van der Waals surface area contributed by atoms with Crippen LogP contribution in [0, 0.1) is 0 Å². The first kappa shape index (κ1) is 37.3. The van der Waals surface area contributed by atoms with E-state index in [2.05, 4.69) is 77.4 Å². The number of benzene rings is 8. The maximum Gasteiger partial charge on any atom is 0.164 e. The molecule has 0 N–H and O–H groups in total. The number of hydrogen-bond acceptors (Lipinski definition) is 7. The largest absolute Gasteiger partial charge is 0.292 e. The van der Waals surface area contributed by atoms with Crippen LogP contribution in [0.25, 0.3) is 108 Å². The summed E-state index contributed by atoms with van der Waals surface area (Å²) in [6, 6.07) is 73.6. The van der Waals surface area contributed by atoms with Crippen molar-refractivity contribution < 1.29 is 0 Å². The monoisotopic (exact) mass is 808 g/mol. The highest BCUT2D eigenvalue weighted by molar-refractivity contribution is 5.85. The van der Waals surface area contributed by atoms with Crippen LogP contribution in [-0.2, 0) is 0 Å². The second kappa shape index (κ2) is 16.4. The molecule has 296 valence electrons. The third-order valence-corrected chi connectivity index (χ3v) is 10.9. The summed E-state index contributed by atoms with van der Waals surface area (Å²) < 4.78 is 2.23. The van der Waals surface area contributed by atoms with Gasteiger partial charge in [-0.25, -0.2) is 34.9 Å². The van der Waals surface area contributed by atoms with Gasteiger partial charge in [-0.05, 0) is 53.6 Å². The Hall–Kier alpha value is -8.75. The van der Waals surface area contributed by atoms with Crippen molar-refractivity contribution in [1.29, 1.82) is 0 Å². The van der Waals surface area contributed by atoms with Gasteiger partial charge in [0.05, 0.1) is 11.0 Å². The van der Waals surface area contributed by atoms with Crippen LogP contribution in [0.1, 0.15) is 0 Å². The van der Waals surface area contributed by atoms with Crippen molar-refractivity contribution >= 4 is 11.0 Å². The molecule has 11 rings (SSSR count). The van der Waals surface area contributed by atoms with E-state index in [0.717, 1.165) is 72.6 Å². The smallest absolute Gasteiger partial charge is 0.164 e. The zero-order valence-corrected chi connectivity index (χ0v) is 33.9. The standard InChI is InChI=1S/C55H36N8/c1-6-19-37(20-7-1)49-57-50(38-21-8-2-9-22-38)60-53(59-49)44-33-43(34-45(35-44)54-61-51(39-23-10-3-11-24-39)58-52(62-54)40-25-12-4-13-26-40)42-29-18-30-46(36-42)63-48-32-17-16-31-47(48)56-55(63)41-27-14-5-15-28-41/h1-36H. The van der Waals surface area contributed by atoms with E-state index in [1.54, 1.807) is 0 Å². The summed E-state index contributed by atoms with van der Waals surface area (Å²) in [6.45, 7) is 0. The van der Waals surface area contributed by atoms with Gasteiger partial charge >= 0.3 is 0 Å². The van der Waals surface area contributed by atoms with Gasteiger partial charge in [-0.2, -0.15) is 0 Å². The highest BCUT2D eigenvalue weighted by atomic mass is 15.1. The fourth-order valence-electron chi connectivity index (χ4n) is 7.82. The molecule has 0 aliphatic rings. The SMILES string of the molecule is c1ccc(-c2nc(-c3ccccc3)nc(-c3cc(-c4cccc(-n5c(-c6ccccc6)nc6ccccc65)c4)cc(-c4nc(-c5ccccc5)nc(-c5ccccc5)n4)c3)n2)cc1. The molecule has 0 fully saturated rings. The van der Waals surface area contributed by atoms with Crippen molar-refractivity contribution in [3.8, 4) is 96.5 Å². The van der Waals surface area contributed by atoms with E-state index in [0.29, 0.717) is 34.9 Å². The molecular weight excluding hydrogens is 773 g/mol. The minimum atomic E-state index is 0.523. The molecule has 0 aliphatic carbocycles. The average Bonchev–Trinajstić information content (AvgIpc) is 3.77. The average molecular weight is 809 g/mol. The first-order valence-electron chi connectivity index (χ1n) is 20.7. The lowest BCUT2D eigenvalue weighted by Crippen LogP contribution is -2.02. The van der Waals surface area contributed by atoms with Crippen molar-refractivity contribution in [2.75, 3.05) is 0 Å². The quantitative estimate of drug-likeness (QED) is 0.143. The second-order valence-corrected chi connectivity index (χ2v) is 15.1. The molecule has 0 radical (unpaired) electrons. The van der Waals surface area contributed by atoms with Crippen LogP contribution in [0.2, 0.25) is 0 Å². The van der Waals surface area contributed by atoms with Gasteiger partial charge in [0.25, 0.3) is 0 Å². The maximum atomic E-state index is 5.15. The Labute approximate surface area is 364 Å². The van der Waals surface area contributed by atoms with Gasteiger partial charge in [-0.3, -0.25) is 4.57 Å². The lowest BCUT2D eigenvalue weighted by molar-refractivity contribution is 1.07. The Balaban J connectivity index is 1.15. The van der Waals surface area contributed by atoms with Crippen LogP contribution in [0.5, 0.6) is 0 Å². The lowest BCUT2D eigenvalue weighted by Gasteiger charge is -2.14. The first-order chi connectivity index (χ1) is 31.2. The fourth-order valence-corrected chi connectivity index (χ4v) is 7.82. The summed E-state index contributed by atoms with van der Waals surface area (Å²) >= 11 is 0. The number of rotatable bonds is 9. The zero-order chi connectivity index (χ0) is 42.0. The highest BCUT2D eigenvalue weighted by Crippen LogP contribution is 2.36. The molecule has 8 heteroatoms.